The number of carbonyl (C=O) groups excluding carboxylic acids is 1. The minimum absolute atomic E-state index is 0.147. The van der Waals surface area contributed by atoms with Crippen LogP contribution in [0.1, 0.15) is 28.2 Å². The lowest BCUT2D eigenvalue weighted by molar-refractivity contribution is -0.116. The highest BCUT2D eigenvalue weighted by Gasteiger charge is 2.18. The second kappa shape index (κ2) is 9.78. The van der Waals surface area contributed by atoms with E-state index in [2.05, 4.69) is 43.1 Å². The van der Waals surface area contributed by atoms with E-state index in [0.717, 1.165) is 12.1 Å². The van der Waals surface area contributed by atoms with Crippen LogP contribution in [0.3, 0.4) is 0 Å². The van der Waals surface area contributed by atoms with Crippen LogP contribution >= 0.6 is 15.9 Å². The fraction of sp³-hybridized carbons (Fsp3) is 0.190. The van der Waals surface area contributed by atoms with E-state index in [0.29, 0.717) is 22.6 Å². The molecule has 0 fully saturated rings. The van der Waals surface area contributed by atoms with Crippen LogP contribution in [0.15, 0.2) is 39.9 Å². The summed E-state index contributed by atoms with van der Waals surface area (Å²) < 4.78 is 33.0. The van der Waals surface area contributed by atoms with Crippen LogP contribution in [-0.4, -0.2) is 20.9 Å². The van der Waals surface area contributed by atoms with E-state index in [-0.39, 0.29) is 35.4 Å². The van der Waals surface area contributed by atoms with E-state index in [1.54, 1.807) is 13.1 Å². The molecule has 31 heavy (non-hydrogen) atoms. The largest absolute Gasteiger partial charge is 0.487 e. The van der Waals surface area contributed by atoms with Gasteiger partial charge in [0.2, 0.25) is 5.91 Å². The van der Waals surface area contributed by atoms with Crippen molar-refractivity contribution in [2.24, 2.45) is 0 Å². The maximum Gasteiger partial charge on any atom is 0.266 e. The molecule has 1 radical (unpaired) electrons. The lowest BCUT2D eigenvalue weighted by atomic mass is 10.1. The number of hydrogen-bond donors (Lipinski definition) is 2. The van der Waals surface area contributed by atoms with E-state index < -0.39 is 23.1 Å². The number of H-pyrrole nitrogens is 1. The number of halogens is 3. The third-order valence-electron chi connectivity index (χ3n) is 4.40. The van der Waals surface area contributed by atoms with Crippen molar-refractivity contribution in [3.05, 3.63) is 92.2 Å². The summed E-state index contributed by atoms with van der Waals surface area (Å²) in [5.74, 6) is -1.61. The number of ether oxygens (including phenoxy) is 1. The molecule has 1 aromatic carbocycles. The Morgan fingerprint density at radius 3 is 2.61 bits per heavy atom. The minimum atomic E-state index is -0.741. The maximum atomic E-state index is 14.0. The fourth-order valence-corrected chi connectivity index (χ4v) is 3.25. The molecule has 0 spiro atoms. The van der Waals surface area contributed by atoms with Crippen LogP contribution in [-0.2, 0) is 24.4 Å². The average Bonchev–Trinajstić information content (AvgIpc) is 2.72. The number of nitrogens with zero attached hydrogens (tertiary/aromatic N) is 2. The first-order valence-electron chi connectivity index (χ1n) is 9.12. The van der Waals surface area contributed by atoms with Gasteiger partial charge in [0.1, 0.15) is 28.5 Å². The van der Waals surface area contributed by atoms with Gasteiger partial charge in [-0.3, -0.25) is 19.6 Å². The van der Waals surface area contributed by atoms with Crippen LogP contribution in [0.2, 0.25) is 0 Å². The molecule has 2 aromatic heterocycles. The molecule has 10 heteroatoms. The second-order valence-corrected chi connectivity index (χ2v) is 7.47. The summed E-state index contributed by atoms with van der Waals surface area (Å²) in [4.78, 5) is 34.4. The van der Waals surface area contributed by atoms with Gasteiger partial charge >= 0.3 is 0 Å². The molecule has 0 aliphatic heterocycles. The monoisotopic (exact) mass is 491 g/mol. The van der Waals surface area contributed by atoms with Gasteiger partial charge in [-0.25, -0.2) is 8.78 Å². The molecule has 0 aliphatic rings. The summed E-state index contributed by atoms with van der Waals surface area (Å²) in [6.07, 6.45) is 3.35. The zero-order valence-electron chi connectivity index (χ0n) is 16.5. The normalized spacial score (nSPS) is 10.7. The molecule has 2 N–H and O–H groups in total. The highest BCUT2D eigenvalue weighted by Crippen LogP contribution is 2.30. The summed E-state index contributed by atoms with van der Waals surface area (Å²) >= 11 is 3.22. The number of amides is 1. The maximum absolute atomic E-state index is 14.0. The number of pyridine rings is 1. The summed E-state index contributed by atoms with van der Waals surface area (Å²) in [7, 11) is 0. The van der Waals surface area contributed by atoms with Gasteiger partial charge in [0.25, 0.3) is 5.56 Å². The third kappa shape index (κ3) is 5.72. The third-order valence-corrected chi connectivity index (χ3v) is 5.12. The molecule has 0 saturated carbocycles. The number of carbonyl (C=O) groups is 1. The molecule has 0 unspecified atom stereocenters. The number of hydrogen-bond acceptors (Lipinski definition) is 5. The Morgan fingerprint density at radius 2 is 1.97 bits per heavy atom. The van der Waals surface area contributed by atoms with Crippen molar-refractivity contribution in [1.82, 2.24) is 20.3 Å². The number of nitrogens with one attached hydrogen (secondary N) is 2. The molecule has 0 bridgehead atoms. The Balaban J connectivity index is 1.85. The Morgan fingerprint density at radius 1 is 1.26 bits per heavy atom. The molecule has 1 amide bonds. The van der Waals surface area contributed by atoms with E-state index >= 15 is 0 Å². The van der Waals surface area contributed by atoms with E-state index in [1.807, 2.05) is 0 Å². The quantitative estimate of drug-likeness (QED) is 0.529. The van der Waals surface area contributed by atoms with Gasteiger partial charge in [0.05, 0.1) is 24.1 Å². The highest BCUT2D eigenvalue weighted by molar-refractivity contribution is 9.10. The molecule has 0 aliphatic carbocycles. The highest BCUT2D eigenvalue weighted by atomic mass is 79.9. The predicted octanol–water partition coefficient (Wildman–Crippen LogP) is 3.13. The number of aromatic nitrogens is 3. The summed E-state index contributed by atoms with van der Waals surface area (Å²) in [6.45, 7) is 4.94. The first-order valence-corrected chi connectivity index (χ1v) is 9.91. The molecule has 3 aromatic rings. The molecule has 7 nitrogen and oxygen atoms in total. The van der Waals surface area contributed by atoms with Crippen molar-refractivity contribution in [2.75, 3.05) is 0 Å². The van der Waals surface area contributed by atoms with Gasteiger partial charge in [-0.2, -0.15) is 0 Å². The molecular formula is C21H18BrF2N4O3. The van der Waals surface area contributed by atoms with Gasteiger partial charge in [-0.15, -0.1) is 0 Å². The lowest BCUT2D eigenvalue weighted by Crippen LogP contribution is -2.20. The predicted molar refractivity (Wildman–Crippen MR) is 112 cm³/mol. The van der Waals surface area contributed by atoms with Gasteiger partial charge in [0, 0.05) is 42.4 Å². The Hall–Kier alpha value is -3.14. The van der Waals surface area contributed by atoms with E-state index in [4.69, 9.17) is 4.74 Å². The van der Waals surface area contributed by atoms with Crippen molar-refractivity contribution in [1.29, 1.82) is 0 Å². The Kier molecular flexibility index (Phi) is 7.11. The Labute approximate surface area is 185 Å². The van der Waals surface area contributed by atoms with Crippen molar-refractivity contribution in [2.45, 2.75) is 26.5 Å². The van der Waals surface area contributed by atoms with Gasteiger partial charge < -0.3 is 15.0 Å². The summed E-state index contributed by atoms with van der Waals surface area (Å²) in [5, 5.41) is 2.53. The first-order chi connectivity index (χ1) is 14.7. The molecular weight excluding hydrogens is 474 g/mol. The van der Waals surface area contributed by atoms with Gasteiger partial charge in [-0.1, -0.05) is 0 Å². The molecule has 161 valence electrons. The number of aryl methyl sites for hydroxylation is 1. The number of aromatic amines is 1. The zero-order valence-corrected chi connectivity index (χ0v) is 18.1. The zero-order chi connectivity index (χ0) is 22.5. The van der Waals surface area contributed by atoms with Crippen molar-refractivity contribution in [3.63, 3.8) is 0 Å². The minimum Gasteiger partial charge on any atom is -0.487 e. The fourth-order valence-electron chi connectivity index (χ4n) is 2.79. The average molecular weight is 492 g/mol. The van der Waals surface area contributed by atoms with Crippen molar-refractivity contribution >= 4 is 21.8 Å². The lowest BCUT2D eigenvalue weighted by Gasteiger charge is -2.15. The van der Waals surface area contributed by atoms with E-state index in [1.165, 1.54) is 12.3 Å². The van der Waals surface area contributed by atoms with Crippen molar-refractivity contribution in [3.8, 4) is 5.75 Å². The number of benzene rings is 1. The van der Waals surface area contributed by atoms with Crippen LogP contribution in [0.25, 0.3) is 0 Å². The summed E-state index contributed by atoms with van der Waals surface area (Å²) in [5.41, 5.74) is 2.07. The summed E-state index contributed by atoms with van der Waals surface area (Å²) in [6, 6.07) is 3.19. The van der Waals surface area contributed by atoms with Crippen molar-refractivity contribution < 1.29 is 18.3 Å². The van der Waals surface area contributed by atoms with Gasteiger partial charge in [-0.05, 0) is 35.0 Å². The van der Waals surface area contributed by atoms with Crippen LogP contribution in [0, 0.1) is 25.5 Å². The second-order valence-electron chi connectivity index (χ2n) is 6.68. The Bertz CT molecular complexity index is 1170. The molecule has 2 heterocycles. The standard InChI is InChI=1S/C21H18BrF2N4O3/c1-11-17(6-15-7-27-16(9-26-15)8-25-12(2)29)20(19(22)21(30)28-11)31-10-13-3-4-14(23)5-18(13)24/h3-5,7,9H,2,6,8,10H2,1H3,(H,25,29)(H,28,30). The van der Waals surface area contributed by atoms with Crippen LogP contribution in [0.4, 0.5) is 8.78 Å². The van der Waals surface area contributed by atoms with Gasteiger partial charge in [0.15, 0.2) is 0 Å². The molecule has 0 atom stereocenters. The van der Waals surface area contributed by atoms with Crippen LogP contribution < -0.4 is 15.6 Å². The first kappa shape index (κ1) is 22.5. The SMILES string of the molecule is [CH2]C(=O)NCc1cnc(Cc2c(C)[nH]c(=O)c(Br)c2OCc2ccc(F)cc2F)cn1. The smallest absolute Gasteiger partial charge is 0.266 e. The molecule has 3 rings (SSSR count). The topological polar surface area (TPSA) is 97.0 Å². The van der Waals surface area contributed by atoms with E-state index in [9.17, 15) is 18.4 Å². The molecule has 0 saturated heterocycles. The number of rotatable bonds is 7. The van der Waals surface area contributed by atoms with Crippen LogP contribution in [0.5, 0.6) is 5.75 Å².